The molecule has 2 rings (SSSR count). The van der Waals surface area contributed by atoms with E-state index in [4.69, 9.17) is 9.47 Å². The van der Waals surface area contributed by atoms with Gasteiger partial charge >= 0.3 is 11.9 Å². The standard InChI is InChI=1S/C18H21FO5/c1-3-23-16(21)14-11-18(10-9-15(14)20,17(22)24-4-2)12-5-7-13(19)8-6-12/h5-8,20H,3-4,9-11H2,1-2H3/t18-/m1/s1. The fourth-order valence-electron chi connectivity index (χ4n) is 2.96. The van der Waals surface area contributed by atoms with Gasteiger partial charge in [-0.05, 0) is 38.0 Å². The Hall–Kier alpha value is -2.37. The Labute approximate surface area is 140 Å². The highest BCUT2D eigenvalue weighted by Gasteiger charge is 2.46. The Kier molecular flexibility index (Phi) is 5.59. The molecule has 0 saturated carbocycles. The molecule has 1 atom stereocenters. The molecule has 0 saturated heterocycles. The summed E-state index contributed by atoms with van der Waals surface area (Å²) in [6, 6.07) is 5.55. The first-order chi connectivity index (χ1) is 11.4. The molecule has 0 aliphatic heterocycles. The van der Waals surface area contributed by atoms with Crippen LogP contribution in [0.5, 0.6) is 0 Å². The molecule has 0 fully saturated rings. The minimum atomic E-state index is -1.14. The molecular weight excluding hydrogens is 315 g/mol. The topological polar surface area (TPSA) is 72.8 Å². The lowest BCUT2D eigenvalue weighted by Gasteiger charge is -2.35. The zero-order chi connectivity index (χ0) is 17.7. The van der Waals surface area contributed by atoms with E-state index >= 15 is 0 Å². The van der Waals surface area contributed by atoms with Crippen molar-refractivity contribution in [2.24, 2.45) is 0 Å². The van der Waals surface area contributed by atoms with Crippen molar-refractivity contribution in [1.29, 1.82) is 0 Å². The highest BCUT2D eigenvalue weighted by atomic mass is 19.1. The van der Waals surface area contributed by atoms with Crippen LogP contribution in [0.1, 0.15) is 38.7 Å². The molecule has 0 spiro atoms. The van der Waals surface area contributed by atoms with Crippen LogP contribution in [-0.2, 0) is 24.5 Å². The van der Waals surface area contributed by atoms with E-state index in [1.54, 1.807) is 13.8 Å². The van der Waals surface area contributed by atoms with Crippen LogP contribution >= 0.6 is 0 Å². The van der Waals surface area contributed by atoms with Gasteiger partial charge in [0.1, 0.15) is 11.6 Å². The van der Waals surface area contributed by atoms with Gasteiger partial charge in [0.15, 0.2) is 0 Å². The van der Waals surface area contributed by atoms with E-state index < -0.39 is 23.2 Å². The van der Waals surface area contributed by atoms with Gasteiger partial charge in [-0.25, -0.2) is 9.18 Å². The van der Waals surface area contributed by atoms with E-state index in [1.165, 1.54) is 24.3 Å². The number of allylic oxidation sites excluding steroid dienone is 1. The van der Waals surface area contributed by atoms with Gasteiger partial charge in [-0.2, -0.15) is 0 Å². The molecule has 130 valence electrons. The van der Waals surface area contributed by atoms with Crippen LogP contribution in [-0.4, -0.2) is 30.3 Å². The average molecular weight is 336 g/mol. The fraction of sp³-hybridized carbons (Fsp3) is 0.444. The molecule has 0 amide bonds. The number of aliphatic hydroxyl groups is 1. The lowest BCUT2D eigenvalue weighted by Crippen LogP contribution is -2.41. The average Bonchev–Trinajstić information content (AvgIpc) is 2.56. The maximum atomic E-state index is 13.3. The second-order valence-corrected chi connectivity index (χ2v) is 5.63. The number of halogens is 1. The van der Waals surface area contributed by atoms with Crippen molar-refractivity contribution in [3.63, 3.8) is 0 Å². The molecule has 0 aromatic heterocycles. The van der Waals surface area contributed by atoms with Gasteiger partial charge < -0.3 is 14.6 Å². The second kappa shape index (κ2) is 7.47. The van der Waals surface area contributed by atoms with E-state index in [0.717, 1.165) is 0 Å². The number of carbonyl (C=O) groups excluding carboxylic acids is 2. The molecule has 0 bridgehead atoms. The summed E-state index contributed by atoms with van der Waals surface area (Å²) < 4.78 is 23.4. The van der Waals surface area contributed by atoms with Crippen LogP contribution in [0.3, 0.4) is 0 Å². The number of hydrogen-bond donors (Lipinski definition) is 1. The van der Waals surface area contributed by atoms with E-state index in [1.807, 2.05) is 0 Å². The highest BCUT2D eigenvalue weighted by Crippen LogP contribution is 2.43. The lowest BCUT2D eigenvalue weighted by molar-refractivity contribution is -0.151. The number of ether oxygens (including phenoxy) is 2. The van der Waals surface area contributed by atoms with Gasteiger partial charge in [-0.1, -0.05) is 12.1 Å². The molecule has 0 unspecified atom stereocenters. The van der Waals surface area contributed by atoms with E-state index in [2.05, 4.69) is 0 Å². The third kappa shape index (κ3) is 3.42. The van der Waals surface area contributed by atoms with Gasteiger partial charge in [0.05, 0.1) is 24.2 Å². The van der Waals surface area contributed by atoms with Crippen LogP contribution in [0.25, 0.3) is 0 Å². The Balaban J connectivity index is 2.47. The second-order valence-electron chi connectivity index (χ2n) is 5.63. The predicted molar refractivity (Wildman–Crippen MR) is 84.8 cm³/mol. The summed E-state index contributed by atoms with van der Waals surface area (Å²) in [6.07, 6.45) is 0.374. The Morgan fingerprint density at radius 1 is 1.17 bits per heavy atom. The number of benzene rings is 1. The maximum absolute atomic E-state index is 13.3. The summed E-state index contributed by atoms with van der Waals surface area (Å²) in [5.74, 6) is -1.63. The molecule has 1 aromatic rings. The molecule has 1 N–H and O–H groups in total. The van der Waals surface area contributed by atoms with Crippen molar-refractivity contribution in [3.05, 3.63) is 47.0 Å². The van der Waals surface area contributed by atoms with E-state index in [0.29, 0.717) is 5.56 Å². The van der Waals surface area contributed by atoms with Gasteiger partial charge in [-0.3, -0.25) is 4.79 Å². The van der Waals surface area contributed by atoms with Crippen LogP contribution in [0.4, 0.5) is 4.39 Å². The van der Waals surface area contributed by atoms with Crippen molar-refractivity contribution < 1.29 is 28.6 Å². The largest absolute Gasteiger partial charge is 0.512 e. The molecule has 1 aromatic carbocycles. The first-order valence-corrected chi connectivity index (χ1v) is 7.96. The van der Waals surface area contributed by atoms with Crippen molar-refractivity contribution in [3.8, 4) is 0 Å². The molecule has 24 heavy (non-hydrogen) atoms. The Morgan fingerprint density at radius 2 is 1.79 bits per heavy atom. The first-order valence-electron chi connectivity index (χ1n) is 7.96. The summed E-state index contributed by atoms with van der Waals surface area (Å²) in [6.45, 7) is 3.71. The van der Waals surface area contributed by atoms with Crippen LogP contribution in [0.15, 0.2) is 35.6 Å². The number of esters is 2. The van der Waals surface area contributed by atoms with Crippen molar-refractivity contribution in [2.45, 2.75) is 38.5 Å². The minimum Gasteiger partial charge on any atom is -0.512 e. The van der Waals surface area contributed by atoms with Crippen molar-refractivity contribution >= 4 is 11.9 Å². The monoisotopic (exact) mass is 336 g/mol. The summed E-state index contributed by atoms with van der Waals surface area (Å²) in [4.78, 5) is 24.8. The SMILES string of the molecule is CCOC(=O)C1=C(O)CC[C@](C(=O)OCC)(c2ccc(F)cc2)C1. The number of aliphatic hydroxyl groups excluding tert-OH is 1. The van der Waals surface area contributed by atoms with Crippen LogP contribution in [0, 0.1) is 5.82 Å². The van der Waals surface area contributed by atoms with Gasteiger partial charge in [0.2, 0.25) is 0 Å². The molecule has 1 aliphatic rings. The number of rotatable bonds is 5. The highest BCUT2D eigenvalue weighted by molar-refractivity contribution is 5.93. The Bertz CT molecular complexity index is 650. The predicted octanol–water partition coefficient (Wildman–Crippen LogP) is 3.19. The molecule has 0 heterocycles. The molecule has 6 heteroatoms. The van der Waals surface area contributed by atoms with Gasteiger partial charge in [0.25, 0.3) is 0 Å². The van der Waals surface area contributed by atoms with E-state index in [-0.39, 0.29) is 43.8 Å². The maximum Gasteiger partial charge on any atom is 0.337 e. The van der Waals surface area contributed by atoms with E-state index in [9.17, 15) is 19.1 Å². The lowest BCUT2D eigenvalue weighted by atomic mass is 9.68. The third-order valence-corrected chi connectivity index (χ3v) is 4.20. The Morgan fingerprint density at radius 3 is 2.38 bits per heavy atom. The van der Waals surface area contributed by atoms with Crippen molar-refractivity contribution in [1.82, 2.24) is 0 Å². The summed E-state index contributed by atoms with van der Waals surface area (Å²) in [5, 5.41) is 10.1. The zero-order valence-electron chi connectivity index (χ0n) is 13.8. The molecule has 5 nitrogen and oxygen atoms in total. The summed E-state index contributed by atoms with van der Waals surface area (Å²) in [7, 11) is 0. The van der Waals surface area contributed by atoms with Gasteiger partial charge in [-0.15, -0.1) is 0 Å². The zero-order valence-corrected chi connectivity index (χ0v) is 13.8. The summed E-state index contributed by atoms with van der Waals surface area (Å²) in [5.41, 5.74) is -0.518. The van der Waals surface area contributed by atoms with Crippen LogP contribution in [0.2, 0.25) is 0 Å². The summed E-state index contributed by atoms with van der Waals surface area (Å²) >= 11 is 0. The quantitative estimate of drug-likeness (QED) is 0.836. The molecule has 0 radical (unpaired) electrons. The van der Waals surface area contributed by atoms with Gasteiger partial charge in [0, 0.05) is 12.8 Å². The van der Waals surface area contributed by atoms with Crippen molar-refractivity contribution in [2.75, 3.05) is 13.2 Å². The minimum absolute atomic E-state index is 0.0396. The first kappa shape index (κ1) is 18.0. The third-order valence-electron chi connectivity index (χ3n) is 4.20. The smallest absolute Gasteiger partial charge is 0.337 e. The normalized spacial score (nSPS) is 20.6. The molecular formula is C18H21FO5. The fourth-order valence-corrected chi connectivity index (χ4v) is 2.96. The molecule has 1 aliphatic carbocycles. The number of carbonyl (C=O) groups is 2. The number of hydrogen-bond acceptors (Lipinski definition) is 5. The van der Waals surface area contributed by atoms with Crippen LogP contribution < -0.4 is 0 Å².